The highest BCUT2D eigenvalue weighted by molar-refractivity contribution is 9.09. The van der Waals surface area contributed by atoms with Crippen LogP contribution >= 0.6 is 15.9 Å². The van der Waals surface area contributed by atoms with Gasteiger partial charge in [0.1, 0.15) is 0 Å². The van der Waals surface area contributed by atoms with Gasteiger partial charge in [-0.15, -0.1) is 0 Å². The van der Waals surface area contributed by atoms with Crippen molar-refractivity contribution in [2.45, 2.75) is 32.6 Å². The van der Waals surface area contributed by atoms with Gasteiger partial charge in [-0.1, -0.05) is 35.7 Å². The van der Waals surface area contributed by atoms with E-state index in [4.69, 9.17) is 0 Å². The summed E-state index contributed by atoms with van der Waals surface area (Å²) in [5.41, 5.74) is 0. The van der Waals surface area contributed by atoms with Gasteiger partial charge in [0, 0.05) is 25.0 Å². The Labute approximate surface area is 107 Å². The van der Waals surface area contributed by atoms with Gasteiger partial charge in [0.25, 0.3) is 10.2 Å². The highest BCUT2D eigenvalue weighted by atomic mass is 79.9. The molecule has 0 amide bonds. The summed E-state index contributed by atoms with van der Waals surface area (Å²) >= 11 is 3.34. The van der Waals surface area contributed by atoms with Gasteiger partial charge in [-0.3, -0.25) is 0 Å². The van der Waals surface area contributed by atoms with E-state index < -0.39 is 10.2 Å². The molecule has 16 heavy (non-hydrogen) atoms. The first-order chi connectivity index (χ1) is 7.56. The molecule has 0 aromatic carbocycles. The first kappa shape index (κ1) is 14.4. The minimum atomic E-state index is -3.25. The van der Waals surface area contributed by atoms with Gasteiger partial charge in [0.05, 0.1) is 0 Å². The largest absolute Gasteiger partial charge is 0.279 e. The SMILES string of the molecule is CC(CBr)CNS(=O)(=O)N1CCCCCC1. The molecule has 0 aromatic rings. The van der Waals surface area contributed by atoms with Crippen molar-refractivity contribution in [3.8, 4) is 0 Å². The second-order valence-electron chi connectivity index (χ2n) is 4.43. The van der Waals surface area contributed by atoms with Crippen LogP contribution in [-0.2, 0) is 10.2 Å². The fraction of sp³-hybridized carbons (Fsp3) is 1.00. The topological polar surface area (TPSA) is 49.4 Å². The average Bonchev–Trinajstić information content (AvgIpc) is 2.54. The quantitative estimate of drug-likeness (QED) is 0.786. The van der Waals surface area contributed by atoms with Crippen molar-refractivity contribution in [3.63, 3.8) is 0 Å². The molecule has 1 saturated heterocycles. The fourth-order valence-corrected chi connectivity index (χ4v) is 3.32. The minimum Gasteiger partial charge on any atom is -0.202 e. The molecule has 1 unspecified atom stereocenters. The monoisotopic (exact) mass is 312 g/mol. The summed E-state index contributed by atoms with van der Waals surface area (Å²) in [6, 6.07) is 0. The Morgan fingerprint density at radius 2 is 1.81 bits per heavy atom. The third-order valence-corrected chi connectivity index (χ3v) is 5.46. The van der Waals surface area contributed by atoms with Crippen LogP contribution in [0, 0.1) is 5.92 Å². The highest BCUT2D eigenvalue weighted by Gasteiger charge is 2.22. The molecular formula is C10H21BrN2O2S. The van der Waals surface area contributed by atoms with Gasteiger partial charge >= 0.3 is 0 Å². The number of nitrogens with one attached hydrogen (secondary N) is 1. The molecule has 4 nitrogen and oxygen atoms in total. The van der Waals surface area contributed by atoms with Gasteiger partial charge in [-0.05, 0) is 18.8 Å². The van der Waals surface area contributed by atoms with Gasteiger partial charge in [0.15, 0.2) is 0 Å². The van der Waals surface area contributed by atoms with Crippen LogP contribution in [0.4, 0.5) is 0 Å². The maximum atomic E-state index is 12.0. The molecule has 1 N–H and O–H groups in total. The Morgan fingerprint density at radius 1 is 1.25 bits per heavy atom. The summed E-state index contributed by atoms with van der Waals surface area (Å²) in [6.07, 6.45) is 4.25. The highest BCUT2D eigenvalue weighted by Crippen LogP contribution is 2.12. The maximum Gasteiger partial charge on any atom is 0.279 e. The number of halogens is 1. The van der Waals surface area contributed by atoms with Crippen molar-refractivity contribution >= 4 is 26.1 Å². The van der Waals surface area contributed by atoms with Crippen LogP contribution in [-0.4, -0.2) is 37.7 Å². The average molecular weight is 313 g/mol. The standard InChI is InChI=1S/C10H21BrN2O2S/c1-10(8-11)9-12-16(14,15)13-6-4-2-3-5-7-13/h10,12H,2-9H2,1H3. The molecule has 1 heterocycles. The second-order valence-corrected chi connectivity index (χ2v) is 6.83. The summed E-state index contributed by atoms with van der Waals surface area (Å²) in [5, 5.41) is 0.815. The summed E-state index contributed by atoms with van der Waals surface area (Å²) < 4.78 is 28.2. The van der Waals surface area contributed by atoms with Crippen molar-refractivity contribution in [3.05, 3.63) is 0 Å². The van der Waals surface area contributed by atoms with Crippen LogP contribution in [0.2, 0.25) is 0 Å². The normalized spacial score (nSPS) is 21.6. The third kappa shape index (κ3) is 4.69. The van der Waals surface area contributed by atoms with Crippen LogP contribution in [0.15, 0.2) is 0 Å². The van der Waals surface area contributed by atoms with Crippen LogP contribution in [0.3, 0.4) is 0 Å². The van der Waals surface area contributed by atoms with E-state index in [1.165, 1.54) is 0 Å². The molecule has 1 aliphatic heterocycles. The molecule has 1 atom stereocenters. The van der Waals surface area contributed by atoms with Gasteiger partial charge in [-0.25, -0.2) is 4.72 Å². The van der Waals surface area contributed by atoms with Crippen LogP contribution < -0.4 is 4.72 Å². The molecule has 0 radical (unpaired) electrons. The Hall–Kier alpha value is 0.350. The van der Waals surface area contributed by atoms with Crippen LogP contribution in [0.5, 0.6) is 0 Å². The lowest BCUT2D eigenvalue weighted by molar-refractivity contribution is 0.411. The molecule has 0 saturated carbocycles. The zero-order valence-corrected chi connectivity index (χ0v) is 12.2. The molecule has 0 aliphatic carbocycles. The lowest BCUT2D eigenvalue weighted by Crippen LogP contribution is -2.42. The lowest BCUT2D eigenvalue weighted by Gasteiger charge is -2.21. The summed E-state index contributed by atoms with van der Waals surface area (Å²) in [7, 11) is -3.25. The maximum absolute atomic E-state index is 12.0. The van der Waals surface area contributed by atoms with E-state index in [0.717, 1.165) is 31.0 Å². The zero-order chi connectivity index (χ0) is 12.0. The molecular weight excluding hydrogens is 292 g/mol. The van der Waals surface area contributed by atoms with Gasteiger partial charge in [0.2, 0.25) is 0 Å². The zero-order valence-electron chi connectivity index (χ0n) is 9.78. The molecule has 96 valence electrons. The van der Waals surface area contributed by atoms with Crippen molar-refractivity contribution in [2.24, 2.45) is 5.92 Å². The van der Waals surface area contributed by atoms with Crippen LogP contribution in [0.1, 0.15) is 32.6 Å². The minimum absolute atomic E-state index is 0.321. The molecule has 1 aliphatic rings. The number of hydrogen-bond donors (Lipinski definition) is 1. The number of rotatable bonds is 5. The Kier molecular flexibility index (Phi) is 6.25. The van der Waals surface area contributed by atoms with Crippen molar-refractivity contribution in [1.82, 2.24) is 9.03 Å². The number of alkyl halides is 1. The Bertz CT molecular complexity index is 287. The molecule has 0 aromatic heterocycles. The van der Waals surface area contributed by atoms with E-state index in [1.54, 1.807) is 4.31 Å². The Balaban J connectivity index is 2.48. The first-order valence-corrected chi connectivity index (χ1v) is 8.43. The number of hydrogen-bond acceptors (Lipinski definition) is 2. The molecule has 1 rings (SSSR count). The van der Waals surface area contributed by atoms with E-state index in [1.807, 2.05) is 6.92 Å². The van der Waals surface area contributed by atoms with E-state index in [0.29, 0.717) is 25.6 Å². The Morgan fingerprint density at radius 3 is 2.31 bits per heavy atom. The summed E-state index contributed by atoms with van der Waals surface area (Å²) in [5.74, 6) is 0.321. The smallest absolute Gasteiger partial charge is 0.202 e. The second kappa shape index (κ2) is 6.93. The van der Waals surface area contributed by atoms with Crippen LogP contribution in [0.25, 0.3) is 0 Å². The first-order valence-electron chi connectivity index (χ1n) is 5.87. The molecule has 1 fully saturated rings. The van der Waals surface area contributed by atoms with E-state index in [2.05, 4.69) is 20.7 Å². The van der Waals surface area contributed by atoms with Crippen molar-refractivity contribution in [1.29, 1.82) is 0 Å². The van der Waals surface area contributed by atoms with Gasteiger partial charge in [-0.2, -0.15) is 12.7 Å². The lowest BCUT2D eigenvalue weighted by atomic mass is 10.2. The predicted octanol–water partition coefficient (Wildman–Crippen LogP) is 1.73. The summed E-state index contributed by atoms with van der Waals surface area (Å²) in [6.45, 7) is 3.85. The summed E-state index contributed by atoms with van der Waals surface area (Å²) in [4.78, 5) is 0. The molecule has 0 spiro atoms. The third-order valence-electron chi connectivity index (χ3n) is 2.78. The van der Waals surface area contributed by atoms with E-state index in [9.17, 15) is 8.42 Å². The van der Waals surface area contributed by atoms with Crippen molar-refractivity contribution < 1.29 is 8.42 Å². The van der Waals surface area contributed by atoms with E-state index in [-0.39, 0.29) is 0 Å². The number of nitrogens with zero attached hydrogens (tertiary/aromatic N) is 1. The fourth-order valence-electron chi connectivity index (χ4n) is 1.68. The molecule has 6 heteroatoms. The van der Waals surface area contributed by atoms with E-state index >= 15 is 0 Å². The van der Waals surface area contributed by atoms with Crippen molar-refractivity contribution in [2.75, 3.05) is 25.0 Å². The van der Waals surface area contributed by atoms with Gasteiger partial charge < -0.3 is 0 Å². The molecule has 0 bridgehead atoms. The predicted molar refractivity (Wildman–Crippen MR) is 69.9 cm³/mol.